The summed E-state index contributed by atoms with van der Waals surface area (Å²) >= 11 is 0. The molecule has 1 N–H and O–H groups in total. The summed E-state index contributed by atoms with van der Waals surface area (Å²) in [4.78, 5) is 10.0. The number of amides is 1. The minimum Gasteiger partial charge on any atom is -0.351 e. The van der Waals surface area contributed by atoms with Gasteiger partial charge in [-0.1, -0.05) is 0 Å². The standard InChI is InChI=1S/C7H13NO3/c1-7(2)10-3-6(4-11-7)8-5-9/h5-6H,3-4H2,1-2H3,(H,8,9). The van der Waals surface area contributed by atoms with Gasteiger partial charge in [-0.05, 0) is 13.8 Å². The van der Waals surface area contributed by atoms with Gasteiger partial charge < -0.3 is 14.8 Å². The summed E-state index contributed by atoms with van der Waals surface area (Å²) in [6.45, 7) is 4.74. The van der Waals surface area contributed by atoms with Crippen molar-refractivity contribution in [3.8, 4) is 0 Å². The van der Waals surface area contributed by atoms with Gasteiger partial charge in [-0.25, -0.2) is 0 Å². The van der Waals surface area contributed by atoms with Crippen LogP contribution in [-0.2, 0) is 14.3 Å². The highest BCUT2D eigenvalue weighted by molar-refractivity contribution is 5.46. The van der Waals surface area contributed by atoms with Crippen molar-refractivity contribution in [3.63, 3.8) is 0 Å². The lowest BCUT2D eigenvalue weighted by molar-refractivity contribution is -0.252. The second-order valence-electron chi connectivity index (χ2n) is 3.00. The quantitative estimate of drug-likeness (QED) is 0.571. The fourth-order valence-corrected chi connectivity index (χ4v) is 0.885. The van der Waals surface area contributed by atoms with Crippen molar-refractivity contribution in [2.24, 2.45) is 0 Å². The number of carbonyl (C=O) groups is 1. The van der Waals surface area contributed by atoms with E-state index in [-0.39, 0.29) is 6.04 Å². The van der Waals surface area contributed by atoms with Gasteiger partial charge in [0.15, 0.2) is 5.79 Å². The Bertz CT molecular complexity index is 137. The highest BCUT2D eigenvalue weighted by Crippen LogP contribution is 2.16. The van der Waals surface area contributed by atoms with Crippen LogP contribution < -0.4 is 5.32 Å². The maximum Gasteiger partial charge on any atom is 0.207 e. The average Bonchev–Trinajstić information content (AvgIpc) is 1.94. The maximum atomic E-state index is 10.0. The minimum atomic E-state index is -0.499. The lowest BCUT2D eigenvalue weighted by atomic mass is 10.2. The molecule has 0 aliphatic carbocycles. The molecule has 0 aromatic carbocycles. The van der Waals surface area contributed by atoms with Crippen LogP contribution in [0.15, 0.2) is 0 Å². The fraction of sp³-hybridized carbons (Fsp3) is 0.857. The Hall–Kier alpha value is -0.610. The molecule has 1 aliphatic heterocycles. The molecule has 1 aliphatic rings. The average molecular weight is 159 g/mol. The van der Waals surface area contributed by atoms with Gasteiger partial charge in [0, 0.05) is 0 Å². The number of carbonyl (C=O) groups excluding carboxylic acids is 1. The van der Waals surface area contributed by atoms with E-state index in [4.69, 9.17) is 9.47 Å². The van der Waals surface area contributed by atoms with Crippen LogP contribution in [0.2, 0.25) is 0 Å². The molecule has 0 radical (unpaired) electrons. The summed E-state index contributed by atoms with van der Waals surface area (Å²) in [7, 11) is 0. The Morgan fingerprint density at radius 2 is 2.00 bits per heavy atom. The largest absolute Gasteiger partial charge is 0.351 e. The lowest BCUT2D eigenvalue weighted by Gasteiger charge is -2.34. The minimum absolute atomic E-state index is 0.000486. The van der Waals surface area contributed by atoms with Gasteiger partial charge in [-0.15, -0.1) is 0 Å². The number of nitrogens with one attached hydrogen (secondary N) is 1. The Morgan fingerprint density at radius 1 is 1.45 bits per heavy atom. The molecular formula is C7H13NO3. The Balaban J connectivity index is 2.30. The third kappa shape index (κ3) is 2.48. The second kappa shape index (κ2) is 3.19. The molecule has 1 fully saturated rings. The monoisotopic (exact) mass is 159 g/mol. The Morgan fingerprint density at radius 3 is 2.45 bits per heavy atom. The van der Waals surface area contributed by atoms with Gasteiger partial charge in [-0.2, -0.15) is 0 Å². The first-order valence-corrected chi connectivity index (χ1v) is 3.62. The van der Waals surface area contributed by atoms with Crippen molar-refractivity contribution >= 4 is 6.41 Å². The molecule has 4 heteroatoms. The third-order valence-corrected chi connectivity index (χ3v) is 1.57. The van der Waals surface area contributed by atoms with Crippen molar-refractivity contribution in [1.82, 2.24) is 5.32 Å². The number of rotatable bonds is 2. The Labute approximate surface area is 65.9 Å². The van der Waals surface area contributed by atoms with Crippen LogP contribution in [0.3, 0.4) is 0 Å². The van der Waals surface area contributed by atoms with Crippen LogP contribution in [-0.4, -0.2) is 31.5 Å². The van der Waals surface area contributed by atoms with Gasteiger partial charge in [0.2, 0.25) is 6.41 Å². The second-order valence-corrected chi connectivity index (χ2v) is 3.00. The topological polar surface area (TPSA) is 47.6 Å². The number of hydrogen-bond acceptors (Lipinski definition) is 3. The molecule has 1 rings (SSSR count). The number of ether oxygens (including phenoxy) is 2. The molecule has 0 spiro atoms. The molecular weight excluding hydrogens is 146 g/mol. The van der Waals surface area contributed by atoms with Crippen LogP contribution in [0.25, 0.3) is 0 Å². The van der Waals surface area contributed by atoms with E-state index in [0.717, 1.165) is 0 Å². The first kappa shape index (κ1) is 8.49. The Kier molecular flexibility index (Phi) is 2.46. The molecule has 1 heterocycles. The predicted molar refractivity (Wildman–Crippen MR) is 39.0 cm³/mol. The van der Waals surface area contributed by atoms with Crippen molar-refractivity contribution in [2.75, 3.05) is 13.2 Å². The summed E-state index contributed by atoms with van der Waals surface area (Å²) in [5.41, 5.74) is 0. The molecule has 11 heavy (non-hydrogen) atoms. The molecule has 0 aromatic heterocycles. The third-order valence-electron chi connectivity index (χ3n) is 1.57. The van der Waals surface area contributed by atoms with Crippen LogP contribution in [0.5, 0.6) is 0 Å². The first-order chi connectivity index (χ1) is 5.14. The van der Waals surface area contributed by atoms with Crippen molar-refractivity contribution in [2.45, 2.75) is 25.7 Å². The van der Waals surface area contributed by atoms with E-state index >= 15 is 0 Å². The highest BCUT2D eigenvalue weighted by atomic mass is 16.7. The van der Waals surface area contributed by atoms with Gasteiger partial charge >= 0.3 is 0 Å². The van der Waals surface area contributed by atoms with Gasteiger partial charge in [0.05, 0.1) is 19.3 Å². The zero-order valence-electron chi connectivity index (χ0n) is 6.79. The van der Waals surface area contributed by atoms with E-state index < -0.39 is 5.79 Å². The summed E-state index contributed by atoms with van der Waals surface area (Å²) in [5.74, 6) is -0.499. The van der Waals surface area contributed by atoms with E-state index in [1.165, 1.54) is 0 Å². The van der Waals surface area contributed by atoms with Gasteiger partial charge in [0.25, 0.3) is 0 Å². The van der Waals surface area contributed by atoms with Crippen molar-refractivity contribution in [3.05, 3.63) is 0 Å². The van der Waals surface area contributed by atoms with Crippen molar-refractivity contribution < 1.29 is 14.3 Å². The smallest absolute Gasteiger partial charge is 0.207 e. The maximum absolute atomic E-state index is 10.0. The van der Waals surface area contributed by atoms with Crippen LogP contribution in [0.1, 0.15) is 13.8 Å². The number of hydrogen-bond donors (Lipinski definition) is 1. The molecule has 0 atom stereocenters. The molecule has 64 valence electrons. The molecule has 4 nitrogen and oxygen atoms in total. The summed E-state index contributed by atoms with van der Waals surface area (Å²) in [6, 6.07) is 0.000486. The fourth-order valence-electron chi connectivity index (χ4n) is 0.885. The normalized spacial score (nSPS) is 24.5. The zero-order valence-corrected chi connectivity index (χ0v) is 6.79. The predicted octanol–water partition coefficient (Wildman–Crippen LogP) is -0.116. The molecule has 0 unspecified atom stereocenters. The SMILES string of the molecule is CC1(C)OCC(NC=O)CO1. The summed E-state index contributed by atoms with van der Waals surface area (Å²) in [6.07, 6.45) is 0.662. The summed E-state index contributed by atoms with van der Waals surface area (Å²) in [5, 5.41) is 2.59. The first-order valence-electron chi connectivity index (χ1n) is 3.62. The molecule has 0 bridgehead atoms. The molecule has 1 saturated heterocycles. The van der Waals surface area contributed by atoms with Gasteiger partial charge in [-0.3, -0.25) is 4.79 Å². The van der Waals surface area contributed by atoms with Crippen LogP contribution in [0, 0.1) is 0 Å². The molecule has 1 amide bonds. The molecule has 0 saturated carbocycles. The van der Waals surface area contributed by atoms with E-state index in [2.05, 4.69) is 5.32 Å². The zero-order chi connectivity index (χ0) is 8.32. The van der Waals surface area contributed by atoms with E-state index in [1.807, 2.05) is 13.8 Å². The van der Waals surface area contributed by atoms with E-state index in [0.29, 0.717) is 19.6 Å². The molecule has 0 aromatic rings. The van der Waals surface area contributed by atoms with Crippen LogP contribution >= 0.6 is 0 Å². The van der Waals surface area contributed by atoms with E-state index in [9.17, 15) is 4.79 Å². The summed E-state index contributed by atoms with van der Waals surface area (Å²) < 4.78 is 10.6. The highest BCUT2D eigenvalue weighted by Gasteiger charge is 2.27. The van der Waals surface area contributed by atoms with Crippen molar-refractivity contribution in [1.29, 1.82) is 0 Å². The van der Waals surface area contributed by atoms with Crippen LogP contribution in [0.4, 0.5) is 0 Å². The van der Waals surface area contributed by atoms with Gasteiger partial charge in [0.1, 0.15) is 0 Å². The lowest BCUT2D eigenvalue weighted by Crippen LogP contribution is -2.48. The van der Waals surface area contributed by atoms with E-state index in [1.54, 1.807) is 0 Å².